The van der Waals surface area contributed by atoms with Gasteiger partial charge in [0.2, 0.25) is 0 Å². The largest absolute Gasteiger partial charge is 0.358 e. The first kappa shape index (κ1) is 33.6. The van der Waals surface area contributed by atoms with Crippen LogP contribution in [-0.2, 0) is 6.42 Å². The van der Waals surface area contributed by atoms with Crippen LogP contribution in [0.25, 0.3) is 52.0 Å². The molecule has 4 aromatic heterocycles. The minimum atomic E-state index is -0.238. The van der Waals surface area contributed by atoms with Crippen LogP contribution < -0.4 is 15.9 Å². The molecule has 1 aromatic carbocycles. The number of nitrogens with one attached hydrogen (secondary N) is 3. The maximum absolute atomic E-state index is 14.9. The molecule has 50 heavy (non-hydrogen) atoms. The van der Waals surface area contributed by atoms with Gasteiger partial charge in [-0.25, -0.2) is 14.4 Å². The molecule has 0 unspecified atom stereocenters. The van der Waals surface area contributed by atoms with Crippen molar-refractivity contribution in [2.24, 2.45) is 5.92 Å². The smallest absolute Gasteiger partial charge is 0.178 e. The molecule has 0 bridgehead atoms. The van der Waals surface area contributed by atoms with Crippen LogP contribution >= 0.6 is 0 Å². The maximum Gasteiger partial charge on any atom is 0.178 e. The first-order valence-corrected chi connectivity index (χ1v) is 18.1. The molecule has 7 rings (SSSR count). The van der Waals surface area contributed by atoms with E-state index in [0.29, 0.717) is 22.4 Å². The van der Waals surface area contributed by atoms with Crippen LogP contribution in [0.1, 0.15) is 75.8 Å². The number of halogens is 1. The van der Waals surface area contributed by atoms with Crippen LogP contribution in [0.15, 0.2) is 67.3 Å². The van der Waals surface area contributed by atoms with Crippen LogP contribution in [0.2, 0.25) is 0 Å². The van der Waals surface area contributed by atoms with Crippen LogP contribution in [0.3, 0.4) is 0 Å². The van der Waals surface area contributed by atoms with Crippen molar-refractivity contribution in [3.8, 4) is 22.6 Å². The lowest BCUT2D eigenvalue weighted by Gasteiger charge is -2.22. The minimum Gasteiger partial charge on any atom is -0.358 e. The zero-order valence-corrected chi connectivity index (χ0v) is 29.1. The molecule has 9 heteroatoms. The average Bonchev–Trinajstić information content (AvgIpc) is 3.88. The highest BCUT2D eigenvalue weighted by Crippen LogP contribution is 2.31. The van der Waals surface area contributed by atoms with Gasteiger partial charge in [0.05, 0.1) is 22.8 Å². The van der Waals surface area contributed by atoms with Crippen LogP contribution in [0.4, 0.5) is 10.1 Å². The fraction of sp³-hybridized carbons (Fsp3) is 0.366. The molecule has 1 aliphatic heterocycles. The molecule has 0 radical (unpaired) electrons. The number of hydrogen-bond acceptors (Lipinski definition) is 6. The molecule has 0 amide bonds. The zero-order valence-electron chi connectivity index (χ0n) is 29.1. The van der Waals surface area contributed by atoms with Crippen LogP contribution in [-0.4, -0.2) is 54.7 Å². The number of hydrogen-bond donors (Lipinski definition) is 3. The van der Waals surface area contributed by atoms with Gasteiger partial charge in [-0.3, -0.25) is 10.1 Å². The zero-order chi connectivity index (χ0) is 34.5. The van der Waals surface area contributed by atoms with Crippen molar-refractivity contribution in [1.29, 1.82) is 0 Å². The first-order valence-electron chi connectivity index (χ1n) is 18.1. The molecule has 258 valence electrons. The van der Waals surface area contributed by atoms with E-state index in [1.54, 1.807) is 18.3 Å². The van der Waals surface area contributed by atoms with Gasteiger partial charge < -0.3 is 15.2 Å². The van der Waals surface area contributed by atoms with Crippen molar-refractivity contribution in [2.45, 2.75) is 71.1 Å². The number of anilines is 1. The molecular weight excluding hydrogens is 624 g/mol. The van der Waals surface area contributed by atoms with Crippen molar-refractivity contribution >= 4 is 35.1 Å². The van der Waals surface area contributed by atoms with Crippen molar-refractivity contribution in [3.63, 3.8) is 0 Å². The van der Waals surface area contributed by atoms with E-state index in [9.17, 15) is 4.39 Å². The molecule has 5 aromatic rings. The summed E-state index contributed by atoms with van der Waals surface area (Å²) in [6.07, 6.45) is 21.5. The molecule has 1 aliphatic carbocycles. The Hall–Kier alpha value is -4.89. The highest BCUT2D eigenvalue weighted by molar-refractivity contribution is 5.91. The van der Waals surface area contributed by atoms with E-state index in [0.717, 1.165) is 81.8 Å². The maximum atomic E-state index is 14.9. The molecule has 2 fully saturated rings. The number of likely N-dealkylation sites (tertiary alicyclic amines) is 1. The van der Waals surface area contributed by atoms with E-state index in [2.05, 4.69) is 67.6 Å². The third kappa shape index (κ3) is 7.94. The Bertz CT molecular complexity index is 2110. The summed E-state index contributed by atoms with van der Waals surface area (Å²) in [7, 11) is 0. The third-order valence-electron chi connectivity index (χ3n) is 10.2. The Labute approximate surface area is 293 Å². The highest BCUT2D eigenvalue weighted by Gasteiger charge is 2.17. The SMILES string of the molecule is C=C(CC1CCCCC1)Nc1cncc(/C(C)=C/C=c2/[nH]nc(-c3nc4nccc(-c5cc(F)cc(CCCN6CCCC6)c5)c4[nH]3)c2=C)c1. The number of nitrogens with zero attached hydrogens (tertiary/aromatic N) is 5. The summed E-state index contributed by atoms with van der Waals surface area (Å²) in [5.41, 5.74) is 8.61. The fourth-order valence-corrected chi connectivity index (χ4v) is 7.46. The Balaban J connectivity index is 1.07. The normalized spacial score (nSPS) is 16.4. The second kappa shape index (κ2) is 15.3. The molecule has 8 nitrogen and oxygen atoms in total. The van der Waals surface area contributed by atoms with Crippen molar-refractivity contribution in [3.05, 3.63) is 94.8 Å². The number of aromatic nitrogens is 6. The van der Waals surface area contributed by atoms with E-state index >= 15 is 0 Å². The number of allylic oxidation sites excluding steroid dienone is 3. The molecule has 0 spiro atoms. The van der Waals surface area contributed by atoms with Gasteiger partial charge in [-0.1, -0.05) is 57.4 Å². The molecular formula is C41H47FN8. The van der Waals surface area contributed by atoms with Crippen LogP contribution in [0, 0.1) is 11.7 Å². The number of fused-ring (bicyclic) bond motifs is 1. The van der Waals surface area contributed by atoms with Gasteiger partial charge in [0.15, 0.2) is 11.5 Å². The average molecular weight is 671 g/mol. The van der Waals surface area contributed by atoms with E-state index in [4.69, 9.17) is 4.98 Å². The molecule has 0 atom stereocenters. The number of aromatic amines is 2. The predicted molar refractivity (Wildman–Crippen MR) is 202 cm³/mol. The standard InChI is InChI=1S/C41H47FN8/c1-27(33-24-35(26-43-25-33)45-28(2)20-30-10-5-4-6-11-30)13-14-37-29(3)38(49-48-37)41-46-39-36(15-16-44-40(39)47-41)32-21-31(22-34(42)23-32)12-9-19-50-17-7-8-18-50/h13-16,21-26,30,45,48H,2-12,17-20H2,1H3,(H,44,46,47)/b27-13+,37-14+. The van der Waals surface area contributed by atoms with Crippen molar-refractivity contribution in [2.75, 3.05) is 25.0 Å². The first-order chi connectivity index (χ1) is 24.4. The van der Waals surface area contributed by atoms with Gasteiger partial charge in [-0.2, -0.15) is 5.10 Å². The quantitative estimate of drug-likeness (QED) is 0.126. The monoisotopic (exact) mass is 670 g/mol. The summed E-state index contributed by atoms with van der Waals surface area (Å²) < 4.78 is 14.9. The number of imidazole rings is 1. The molecule has 1 saturated carbocycles. The second-order valence-electron chi connectivity index (χ2n) is 14.0. The number of aryl methyl sites for hydroxylation is 1. The van der Waals surface area contributed by atoms with E-state index < -0.39 is 0 Å². The molecule has 1 saturated heterocycles. The molecule has 5 heterocycles. The van der Waals surface area contributed by atoms with Gasteiger partial charge in [0.1, 0.15) is 11.5 Å². The van der Waals surface area contributed by atoms with Crippen molar-refractivity contribution < 1.29 is 4.39 Å². The van der Waals surface area contributed by atoms with E-state index in [1.807, 2.05) is 30.6 Å². The van der Waals surface area contributed by atoms with Gasteiger partial charge in [0.25, 0.3) is 0 Å². The predicted octanol–water partition coefficient (Wildman–Crippen LogP) is 7.77. The van der Waals surface area contributed by atoms with E-state index in [-0.39, 0.29) is 5.82 Å². The summed E-state index contributed by atoms with van der Waals surface area (Å²) in [4.78, 5) is 19.6. The Morgan fingerprint density at radius 1 is 1.08 bits per heavy atom. The summed E-state index contributed by atoms with van der Waals surface area (Å²) >= 11 is 0. The second-order valence-corrected chi connectivity index (χ2v) is 14.0. The third-order valence-corrected chi connectivity index (χ3v) is 10.2. The number of rotatable bonds is 12. The fourth-order valence-electron chi connectivity index (χ4n) is 7.46. The minimum absolute atomic E-state index is 0.238. The highest BCUT2D eigenvalue weighted by atomic mass is 19.1. The summed E-state index contributed by atoms with van der Waals surface area (Å²) in [6.45, 7) is 14.1. The number of H-pyrrole nitrogens is 2. The van der Waals surface area contributed by atoms with Crippen molar-refractivity contribution in [1.82, 2.24) is 35.0 Å². The lowest BCUT2D eigenvalue weighted by Crippen LogP contribution is -2.21. The van der Waals surface area contributed by atoms with Crippen LogP contribution in [0.5, 0.6) is 0 Å². The lowest BCUT2D eigenvalue weighted by atomic mass is 9.86. The molecule has 3 N–H and O–H groups in total. The summed E-state index contributed by atoms with van der Waals surface area (Å²) in [6, 6.07) is 9.33. The van der Waals surface area contributed by atoms with Gasteiger partial charge in [-0.15, -0.1) is 0 Å². The van der Waals surface area contributed by atoms with Gasteiger partial charge >= 0.3 is 0 Å². The topological polar surface area (TPSA) is 98.4 Å². The van der Waals surface area contributed by atoms with Gasteiger partial charge in [0, 0.05) is 28.9 Å². The number of benzene rings is 1. The summed E-state index contributed by atoms with van der Waals surface area (Å²) in [5.74, 6) is 1.05. The lowest BCUT2D eigenvalue weighted by molar-refractivity contribution is 0.334. The Morgan fingerprint density at radius 3 is 2.76 bits per heavy atom. The molecule has 2 aliphatic rings. The summed E-state index contributed by atoms with van der Waals surface area (Å²) in [5, 5.41) is 12.6. The number of pyridine rings is 2. The van der Waals surface area contributed by atoms with Gasteiger partial charge in [-0.05, 0) is 117 Å². The Kier molecular flexibility index (Phi) is 10.3. The van der Waals surface area contributed by atoms with E-state index in [1.165, 1.54) is 58.0 Å². The Morgan fingerprint density at radius 2 is 1.92 bits per heavy atom.